The first kappa shape index (κ1) is 12.2. The highest BCUT2D eigenvalue weighted by atomic mass is 19.1. The third kappa shape index (κ3) is 1.97. The van der Waals surface area contributed by atoms with Gasteiger partial charge in [0.15, 0.2) is 11.4 Å². The molecule has 6 heteroatoms. The van der Waals surface area contributed by atoms with E-state index in [9.17, 15) is 18.4 Å². The molecule has 1 aromatic carbocycles. The number of halogens is 2. The van der Waals surface area contributed by atoms with E-state index in [0.717, 1.165) is 6.07 Å². The molecule has 2 aromatic rings. The van der Waals surface area contributed by atoms with Crippen molar-refractivity contribution >= 4 is 16.9 Å². The van der Waals surface area contributed by atoms with Gasteiger partial charge in [0.2, 0.25) is 0 Å². The van der Waals surface area contributed by atoms with Crippen LogP contribution in [0.25, 0.3) is 11.0 Å². The van der Waals surface area contributed by atoms with E-state index in [-0.39, 0.29) is 22.1 Å². The number of aryl methyl sites for hydroxylation is 1. The zero-order valence-electron chi connectivity index (χ0n) is 9.29. The van der Waals surface area contributed by atoms with Crippen molar-refractivity contribution in [2.75, 3.05) is 0 Å². The van der Waals surface area contributed by atoms with E-state index in [1.165, 1.54) is 6.92 Å². The Morgan fingerprint density at radius 1 is 1.39 bits per heavy atom. The molecule has 0 bridgehead atoms. The van der Waals surface area contributed by atoms with E-state index in [2.05, 4.69) is 0 Å². The molecule has 0 aliphatic rings. The largest absolute Gasteiger partial charge is 0.481 e. The van der Waals surface area contributed by atoms with Gasteiger partial charge in [-0.25, -0.2) is 13.6 Å². The topological polar surface area (TPSA) is 67.5 Å². The fourth-order valence-electron chi connectivity index (χ4n) is 1.77. The summed E-state index contributed by atoms with van der Waals surface area (Å²) in [6.07, 6.45) is -0.553. The highest BCUT2D eigenvalue weighted by Crippen LogP contribution is 2.23. The Morgan fingerprint density at radius 3 is 2.67 bits per heavy atom. The molecule has 0 spiro atoms. The van der Waals surface area contributed by atoms with Crippen molar-refractivity contribution in [1.29, 1.82) is 0 Å². The van der Waals surface area contributed by atoms with Gasteiger partial charge >= 0.3 is 11.6 Å². The highest BCUT2D eigenvalue weighted by Gasteiger charge is 2.17. The third-order valence-electron chi connectivity index (χ3n) is 2.63. The number of aliphatic carboxylic acids is 1. The third-order valence-corrected chi connectivity index (χ3v) is 2.63. The Bertz CT molecular complexity index is 703. The molecule has 1 heterocycles. The van der Waals surface area contributed by atoms with Gasteiger partial charge < -0.3 is 9.52 Å². The second-order valence-electron chi connectivity index (χ2n) is 3.83. The molecule has 0 unspecified atom stereocenters. The normalized spacial score (nSPS) is 10.8. The smallest absolute Gasteiger partial charge is 0.340 e. The number of benzene rings is 1. The second-order valence-corrected chi connectivity index (χ2v) is 3.83. The number of carboxylic acids is 1. The van der Waals surface area contributed by atoms with Crippen LogP contribution in [0.1, 0.15) is 11.1 Å². The molecule has 4 nitrogen and oxygen atoms in total. The van der Waals surface area contributed by atoms with Crippen LogP contribution in [0.2, 0.25) is 0 Å². The number of hydrogen-bond donors (Lipinski definition) is 1. The predicted octanol–water partition coefficient (Wildman–Crippen LogP) is 2.01. The summed E-state index contributed by atoms with van der Waals surface area (Å²) in [6, 6.07) is 1.60. The summed E-state index contributed by atoms with van der Waals surface area (Å²) in [5.74, 6) is -3.04. The van der Waals surface area contributed by atoms with Gasteiger partial charge in [0, 0.05) is 11.5 Å². The Kier molecular flexibility index (Phi) is 2.86. The number of hydrogen-bond acceptors (Lipinski definition) is 3. The molecule has 0 aliphatic carbocycles. The SMILES string of the molecule is Cc1c(CC(=O)O)c(=O)oc2c(F)cc(F)cc12. The molecule has 18 heavy (non-hydrogen) atoms. The van der Waals surface area contributed by atoms with E-state index >= 15 is 0 Å². The fourth-order valence-corrected chi connectivity index (χ4v) is 1.77. The number of carboxylic acid groups (broad SMARTS) is 1. The molecule has 0 atom stereocenters. The van der Waals surface area contributed by atoms with Crippen molar-refractivity contribution in [1.82, 2.24) is 0 Å². The molecule has 1 aromatic heterocycles. The lowest BCUT2D eigenvalue weighted by molar-refractivity contribution is -0.136. The maximum Gasteiger partial charge on any atom is 0.340 e. The lowest BCUT2D eigenvalue weighted by atomic mass is 10.0. The molecule has 94 valence electrons. The summed E-state index contributed by atoms with van der Waals surface area (Å²) < 4.78 is 31.2. The van der Waals surface area contributed by atoms with Crippen LogP contribution in [-0.4, -0.2) is 11.1 Å². The first-order chi connectivity index (χ1) is 8.40. The number of carbonyl (C=O) groups is 1. The van der Waals surface area contributed by atoms with Crippen LogP contribution in [0.4, 0.5) is 8.78 Å². The molecule has 0 aliphatic heterocycles. The first-order valence-electron chi connectivity index (χ1n) is 5.03. The lowest BCUT2D eigenvalue weighted by Gasteiger charge is -2.06. The predicted molar refractivity (Wildman–Crippen MR) is 58.5 cm³/mol. The molecule has 0 fully saturated rings. The molecule has 1 N–H and O–H groups in total. The Hall–Kier alpha value is -2.24. The van der Waals surface area contributed by atoms with Crippen molar-refractivity contribution in [2.24, 2.45) is 0 Å². The lowest BCUT2D eigenvalue weighted by Crippen LogP contribution is -2.15. The van der Waals surface area contributed by atoms with Gasteiger partial charge in [-0.15, -0.1) is 0 Å². The molecular formula is C12H8F2O4. The Labute approximate surface area is 99.5 Å². The number of fused-ring (bicyclic) bond motifs is 1. The van der Waals surface area contributed by atoms with E-state index in [1.807, 2.05) is 0 Å². The molecule has 0 saturated carbocycles. The van der Waals surface area contributed by atoms with E-state index in [1.54, 1.807) is 0 Å². The van der Waals surface area contributed by atoms with Crippen LogP contribution in [0, 0.1) is 18.6 Å². The van der Waals surface area contributed by atoms with Crippen molar-refractivity contribution in [3.63, 3.8) is 0 Å². The minimum Gasteiger partial charge on any atom is -0.481 e. The van der Waals surface area contributed by atoms with Gasteiger partial charge in [-0.3, -0.25) is 4.79 Å². The Balaban J connectivity index is 2.85. The zero-order valence-corrected chi connectivity index (χ0v) is 9.29. The van der Waals surface area contributed by atoms with Crippen LogP contribution >= 0.6 is 0 Å². The second kappa shape index (κ2) is 4.21. The maximum absolute atomic E-state index is 13.4. The molecule has 0 radical (unpaired) electrons. The van der Waals surface area contributed by atoms with Crippen molar-refractivity contribution in [3.05, 3.63) is 45.3 Å². The summed E-state index contributed by atoms with van der Waals surface area (Å²) in [5.41, 5.74) is -1.19. The standard InChI is InChI=1S/C12H8F2O4/c1-5-7-2-6(13)3-9(14)11(7)18-12(17)8(5)4-10(15)16/h2-3H,4H2,1H3,(H,15,16). The van der Waals surface area contributed by atoms with Crippen molar-refractivity contribution < 1.29 is 23.1 Å². The minimum absolute atomic E-state index is 0.0587. The van der Waals surface area contributed by atoms with Crippen molar-refractivity contribution in [3.8, 4) is 0 Å². The van der Waals surface area contributed by atoms with Crippen LogP contribution < -0.4 is 5.63 Å². The molecule has 2 rings (SSSR count). The maximum atomic E-state index is 13.4. The minimum atomic E-state index is -1.22. The van der Waals surface area contributed by atoms with Gasteiger partial charge in [-0.1, -0.05) is 0 Å². The first-order valence-corrected chi connectivity index (χ1v) is 5.03. The average Bonchev–Trinajstić information content (AvgIpc) is 2.26. The van der Waals surface area contributed by atoms with Gasteiger partial charge in [0.25, 0.3) is 0 Å². The summed E-state index contributed by atoms with van der Waals surface area (Å²) in [4.78, 5) is 22.2. The van der Waals surface area contributed by atoms with Gasteiger partial charge in [0.1, 0.15) is 5.82 Å². The highest BCUT2D eigenvalue weighted by molar-refractivity contribution is 5.83. The van der Waals surface area contributed by atoms with E-state index in [0.29, 0.717) is 6.07 Å². The summed E-state index contributed by atoms with van der Waals surface area (Å²) in [5, 5.41) is 8.73. The van der Waals surface area contributed by atoms with Crippen LogP contribution in [0.3, 0.4) is 0 Å². The molecule has 0 saturated heterocycles. The average molecular weight is 254 g/mol. The monoisotopic (exact) mass is 254 g/mol. The van der Waals surface area contributed by atoms with E-state index in [4.69, 9.17) is 9.52 Å². The van der Waals surface area contributed by atoms with Gasteiger partial charge in [-0.2, -0.15) is 0 Å². The summed E-state index contributed by atoms with van der Waals surface area (Å²) in [7, 11) is 0. The number of rotatable bonds is 2. The van der Waals surface area contributed by atoms with Crippen LogP contribution in [0.5, 0.6) is 0 Å². The summed E-state index contributed by atoms with van der Waals surface area (Å²) >= 11 is 0. The van der Waals surface area contributed by atoms with Crippen LogP contribution in [0.15, 0.2) is 21.3 Å². The fraction of sp³-hybridized carbons (Fsp3) is 0.167. The Morgan fingerprint density at radius 2 is 2.06 bits per heavy atom. The molecular weight excluding hydrogens is 246 g/mol. The van der Waals surface area contributed by atoms with Gasteiger partial charge in [0.05, 0.1) is 12.0 Å². The zero-order chi connectivity index (χ0) is 13.4. The summed E-state index contributed by atoms with van der Waals surface area (Å²) in [6.45, 7) is 1.43. The van der Waals surface area contributed by atoms with Crippen LogP contribution in [-0.2, 0) is 11.2 Å². The van der Waals surface area contributed by atoms with E-state index < -0.39 is 29.7 Å². The molecule has 0 amide bonds. The van der Waals surface area contributed by atoms with Crippen molar-refractivity contribution in [2.45, 2.75) is 13.3 Å². The van der Waals surface area contributed by atoms with Gasteiger partial charge in [-0.05, 0) is 18.6 Å². The quantitative estimate of drug-likeness (QED) is 0.832.